The molecule has 7 heteroatoms. The minimum Gasteiger partial charge on any atom is -0.466 e. The van der Waals surface area contributed by atoms with E-state index in [2.05, 4.69) is 4.99 Å². The number of halogens is 1. The number of benzene rings is 1. The predicted octanol–water partition coefficient (Wildman–Crippen LogP) is 2.33. The molecule has 2 N–H and O–H groups in total. The largest absolute Gasteiger partial charge is 0.466 e. The SMILES string of the molecule is CCOC(=O)C1CCN(C(=O)c2ccccc2N=C(N)CCl)CC1. The maximum absolute atomic E-state index is 12.8. The van der Waals surface area contributed by atoms with Crippen molar-refractivity contribution in [2.75, 3.05) is 25.6 Å². The Bertz CT molecular complexity index is 625. The number of likely N-dealkylation sites (tertiary alicyclic amines) is 1. The van der Waals surface area contributed by atoms with Crippen molar-refractivity contribution in [2.24, 2.45) is 16.6 Å². The summed E-state index contributed by atoms with van der Waals surface area (Å²) >= 11 is 5.66. The third kappa shape index (κ3) is 4.47. The van der Waals surface area contributed by atoms with Crippen molar-refractivity contribution >= 4 is 35.0 Å². The Morgan fingerprint density at radius 2 is 2.00 bits per heavy atom. The molecule has 2 rings (SSSR count). The number of hydrogen-bond acceptors (Lipinski definition) is 4. The predicted molar refractivity (Wildman–Crippen MR) is 93.7 cm³/mol. The van der Waals surface area contributed by atoms with Gasteiger partial charge in [0.25, 0.3) is 5.91 Å². The summed E-state index contributed by atoms with van der Waals surface area (Å²) in [5, 5.41) is 0. The first-order valence-corrected chi connectivity index (χ1v) is 8.54. The Morgan fingerprint density at radius 3 is 2.62 bits per heavy atom. The molecule has 6 nitrogen and oxygen atoms in total. The van der Waals surface area contributed by atoms with E-state index in [0.717, 1.165) is 0 Å². The van der Waals surface area contributed by atoms with Crippen LogP contribution in [0, 0.1) is 5.92 Å². The maximum Gasteiger partial charge on any atom is 0.309 e. The smallest absolute Gasteiger partial charge is 0.309 e. The highest BCUT2D eigenvalue weighted by Crippen LogP contribution is 2.24. The molecule has 0 aliphatic carbocycles. The summed E-state index contributed by atoms with van der Waals surface area (Å²) < 4.78 is 5.05. The van der Waals surface area contributed by atoms with Crippen LogP contribution in [0.1, 0.15) is 30.1 Å². The topological polar surface area (TPSA) is 85.0 Å². The fourth-order valence-corrected chi connectivity index (χ4v) is 2.75. The van der Waals surface area contributed by atoms with Gasteiger partial charge in [-0.1, -0.05) is 12.1 Å². The number of nitrogens with zero attached hydrogens (tertiary/aromatic N) is 2. The van der Waals surface area contributed by atoms with Gasteiger partial charge in [0, 0.05) is 13.1 Å². The van der Waals surface area contributed by atoms with Gasteiger partial charge in [0.2, 0.25) is 0 Å². The number of rotatable bonds is 5. The number of amides is 1. The number of carbonyl (C=O) groups is 2. The van der Waals surface area contributed by atoms with E-state index in [1.54, 1.807) is 36.1 Å². The molecule has 0 bridgehead atoms. The molecule has 24 heavy (non-hydrogen) atoms. The fourth-order valence-electron chi connectivity index (χ4n) is 2.69. The summed E-state index contributed by atoms with van der Waals surface area (Å²) in [6, 6.07) is 7.04. The molecule has 0 aromatic heterocycles. The van der Waals surface area contributed by atoms with Crippen molar-refractivity contribution < 1.29 is 14.3 Å². The van der Waals surface area contributed by atoms with Gasteiger partial charge < -0.3 is 15.4 Å². The second-order valence-electron chi connectivity index (χ2n) is 5.57. The lowest BCUT2D eigenvalue weighted by Gasteiger charge is -2.31. The lowest BCUT2D eigenvalue weighted by atomic mass is 9.96. The molecule has 1 aliphatic rings. The molecule has 1 heterocycles. The first-order valence-electron chi connectivity index (χ1n) is 8.00. The van der Waals surface area contributed by atoms with E-state index in [1.165, 1.54) is 0 Å². The Labute approximate surface area is 146 Å². The van der Waals surface area contributed by atoms with Gasteiger partial charge in [-0.2, -0.15) is 0 Å². The molecule has 0 atom stereocenters. The van der Waals surface area contributed by atoms with Gasteiger partial charge in [0.15, 0.2) is 0 Å². The molecule has 1 aliphatic heterocycles. The van der Waals surface area contributed by atoms with Gasteiger partial charge in [-0.05, 0) is 31.9 Å². The van der Waals surface area contributed by atoms with E-state index in [1.807, 2.05) is 0 Å². The van der Waals surface area contributed by atoms with Crippen molar-refractivity contribution in [3.8, 4) is 0 Å². The second kappa shape index (κ2) is 8.68. The standard InChI is InChI=1S/C17H22ClN3O3/c1-2-24-17(23)12-7-9-21(10-8-12)16(22)13-5-3-4-6-14(13)20-15(19)11-18/h3-6,12H,2,7-11H2,1H3,(H2,19,20). The van der Waals surface area contributed by atoms with E-state index in [0.29, 0.717) is 43.8 Å². The number of aliphatic imine (C=N–C) groups is 1. The molecular formula is C17H22ClN3O3. The number of carbonyl (C=O) groups excluding carboxylic acids is 2. The normalized spacial score (nSPS) is 16.1. The molecule has 0 unspecified atom stereocenters. The van der Waals surface area contributed by atoms with Crippen LogP contribution in [0.5, 0.6) is 0 Å². The molecule has 130 valence electrons. The fraction of sp³-hybridized carbons (Fsp3) is 0.471. The van der Waals surface area contributed by atoms with Gasteiger partial charge >= 0.3 is 5.97 Å². The second-order valence-corrected chi connectivity index (χ2v) is 5.84. The van der Waals surface area contributed by atoms with Crippen molar-refractivity contribution in [3.63, 3.8) is 0 Å². The Morgan fingerprint density at radius 1 is 1.33 bits per heavy atom. The van der Waals surface area contributed by atoms with E-state index in [-0.39, 0.29) is 29.5 Å². The quantitative estimate of drug-likeness (QED) is 0.382. The zero-order valence-corrected chi connectivity index (χ0v) is 14.5. The summed E-state index contributed by atoms with van der Waals surface area (Å²) in [5.41, 5.74) is 6.67. The van der Waals surface area contributed by atoms with Crippen LogP contribution in [-0.2, 0) is 9.53 Å². The van der Waals surface area contributed by atoms with E-state index >= 15 is 0 Å². The first-order chi connectivity index (χ1) is 11.6. The number of ether oxygens (including phenoxy) is 1. The van der Waals surface area contributed by atoms with Gasteiger partial charge in [0.1, 0.15) is 5.84 Å². The third-order valence-electron chi connectivity index (χ3n) is 3.94. The lowest BCUT2D eigenvalue weighted by molar-refractivity contribution is -0.149. The van der Waals surface area contributed by atoms with Gasteiger partial charge in [0.05, 0.1) is 29.7 Å². The van der Waals surface area contributed by atoms with Gasteiger partial charge in [-0.15, -0.1) is 11.6 Å². The number of hydrogen-bond donors (Lipinski definition) is 1. The Hall–Kier alpha value is -2.08. The highest BCUT2D eigenvalue weighted by Gasteiger charge is 2.29. The molecule has 0 radical (unpaired) electrons. The molecule has 0 spiro atoms. The van der Waals surface area contributed by atoms with Crippen molar-refractivity contribution in [2.45, 2.75) is 19.8 Å². The number of para-hydroxylation sites is 1. The highest BCUT2D eigenvalue weighted by atomic mass is 35.5. The van der Waals surface area contributed by atoms with E-state index in [4.69, 9.17) is 22.1 Å². The third-order valence-corrected chi connectivity index (χ3v) is 4.21. The minimum absolute atomic E-state index is 0.105. The molecular weight excluding hydrogens is 330 g/mol. The lowest BCUT2D eigenvalue weighted by Crippen LogP contribution is -2.40. The van der Waals surface area contributed by atoms with Crippen LogP contribution in [0.15, 0.2) is 29.3 Å². The number of nitrogens with two attached hydrogens (primary N) is 1. The summed E-state index contributed by atoms with van der Waals surface area (Å²) in [5.74, 6) is -0.0522. The van der Waals surface area contributed by atoms with Crippen LogP contribution in [0.4, 0.5) is 5.69 Å². The maximum atomic E-state index is 12.8. The summed E-state index contributed by atoms with van der Waals surface area (Å²) in [4.78, 5) is 30.5. The highest BCUT2D eigenvalue weighted by molar-refractivity contribution is 6.28. The summed E-state index contributed by atoms with van der Waals surface area (Å²) in [6.45, 7) is 3.21. The van der Waals surface area contributed by atoms with Crippen molar-refractivity contribution in [3.05, 3.63) is 29.8 Å². The van der Waals surface area contributed by atoms with Gasteiger partial charge in [-0.3, -0.25) is 9.59 Å². The zero-order chi connectivity index (χ0) is 17.5. The monoisotopic (exact) mass is 351 g/mol. The molecule has 1 aromatic rings. The van der Waals surface area contributed by atoms with Crippen LogP contribution in [0.25, 0.3) is 0 Å². The molecule has 1 saturated heterocycles. The molecule has 1 fully saturated rings. The summed E-state index contributed by atoms with van der Waals surface area (Å²) in [6.07, 6.45) is 1.22. The number of piperidine rings is 1. The Kier molecular flexibility index (Phi) is 6.61. The zero-order valence-electron chi connectivity index (χ0n) is 13.7. The van der Waals surface area contributed by atoms with Crippen LogP contribution in [-0.4, -0.2) is 48.2 Å². The van der Waals surface area contributed by atoms with Crippen LogP contribution >= 0.6 is 11.6 Å². The Balaban J connectivity index is 2.07. The molecule has 1 aromatic carbocycles. The van der Waals surface area contributed by atoms with Crippen LogP contribution in [0.3, 0.4) is 0 Å². The first kappa shape index (κ1) is 18.3. The van der Waals surface area contributed by atoms with Crippen LogP contribution in [0.2, 0.25) is 0 Å². The number of amidine groups is 1. The molecule has 1 amide bonds. The summed E-state index contributed by atoms with van der Waals surface area (Å²) in [7, 11) is 0. The molecule has 0 saturated carbocycles. The number of alkyl halides is 1. The van der Waals surface area contributed by atoms with Crippen LogP contribution < -0.4 is 5.73 Å². The van der Waals surface area contributed by atoms with E-state index in [9.17, 15) is 9.59 Å². The van der Waals surface area contributed by atoms with Crippen molar-refractivity contribution in [1.82, 2.24) is 4.90 Å². The van der Waals surface area contributed by atoms with E-state index < -0.39 is 0 Å². The minimum atomic E-state index is -0.176. The van der Waals surface area contributed by atoms with Crippen molar-refractivity contribution in [1.29, 1.82) is 0 Å². The average molecular weight is 352 g/mol. The average Bonchev–Trinajstić information content (AvgIpc) is 2.62. The number of esters is 1. The van der Waals surface area contributed by atoms with Gasteiger partial charge in [-0.25, -0.2) is 4.99 Å².